The summed E-state index contributed by atoms with van der Waals surface area (Å²) >= 11 is 1.40. The largest absolute Gasteiger partial charge is 0.241 e. The van der Waals surface area contributed by atoms with Crippen molar-refractivity contribution < 1.29 is 0 Å². The van der Waals surface area contributed by atoms with Crippen molar-refractivity contribution in [2.45, 2.75) is 29.1 Å². The van der Waals surface area contributed by atoms with Crippen molar-refractivity contribution in [2.75, 3.05) is 0 Å². The second kappa shape index (κ2) is 4.82. The summed E-state index contributed by atoms with van der Waals surface area (Å²) in [6.45, 7) is 0. The summed E-state index contributed by atoms with van der Waals surface area (Å²) in [4.78, 5) is 4.58. The highest BCUT2D eigenvalue weighted by Crippen LogP contribution is 2.38. The van der Waals surface area contributed by atoms with Gasteiger partial charge in [0.1, 0.15) is 5.03 Å². The first kappa shape index (κ1) is 12.3. The predicted molar refractivity (Wildman–Crippen MR) is 76.7 cm³/mol. The monoisotopic (exact) mass is 294 g/mol. The summed E-state index contributed by atoms with van der Waals surface area (Å²) in [5.41, 5.74) is 1.43. The average molecular weight is 294 g/mol. The van der Waals surface area contributed by atoms with Crippen molar-refractivity contribution in [1.82, 2.24) is 25.2 Å². The zero-order valence-corrected chi connectivity index (χ0v) is 11.8. The third-order valence-corrected chi connectivity index (χ3v) is 4.23. The highest BCUT2D eigenvalue weighted by atomic mass is 32.2. The van der Waals surface area contributed by atoms with E-state index in [-0.39, 0.29) is 0 Å². The van der Waals surface area contributed by atoms with Crippen LogP contribution in [-0.4, -0.2) is 25.2 Å². The van der Waals surface area contributed by atoms with Gasteiger partial charge in [-0.25, -0.2) is 9.67 Å². The molecule has 1 fully saturated rings. The lowest BCUT2D eigenvalue weighted by atomic mass is 10.1. The molecule has 0 atom stereocenters. The molecule has 3 aromatic rings. The van der Waals surface area contributed by atoms with Gasteiger partial charge in [-0.3, -0.25) is 0 Å². The first-order valence-electron chi connectivity index (χ1n) is 6.61. The molecule has 1 aromatic carbocycles. The number of para-hydroxylation sites is 1. The highest BCUT2D eigenvalue weighted by Gasteiger charge is 2.28. The molecule has 2 heterocycles. The van der Waals surface area contributed by atoms with Crippen LogP contribution < -0.4 is 0 Å². The summed E-state index contributed by atoms with van der Waals surface area (Å²) in [6.07, 6.45) is 2.24. The lowest BCUT2D eigenvalue weighted by molar-refractivity contribution is 0.565. The molecule has 2 aromatic heterocycles. The van der Waals surface area contributed by atoms with Gasteiger partial charge in [0.2, 0.25) is 5.16 Å². The SMILES string of the molecule is N#Cc1cc(Sc2nnnn2C2CC2)nc2ccccc12. The fourth-order valence-corrected chi connectivity index (χ4v) is 3.05. The van der Waals surface area contributed by atoms with E-state index >= 15 is 0 Å². The zero-order chi connectivity index (χ0) is 14.2. The van der Waals surface area contributed by atoms with E-state index in [0.717, 1.165) is 33.9 Å². The maximum Gasteiger partial charge on any atom is 0.215 e. The Morgan fingerprint density at radius 2 is 2.14 bits per heavy atom. The van der Waals surface area contributed by atoms with Crippen molar-refractivity contribution in [3.8, 4) is 6.07 Å². The van der Waals surface area contributed by atoms with Crippen LogP contribution >= 0.6 is 11.8 Å². The number of nitrogens with zero attached hydrogens (tertiary/aromatic N) is 6. The van der Waals surface area contributed by atoms with Gasteiger partial charge in [-0.2, -0.15) is 5.26 Å². The van der Waals surface area contributed by atoms with Crippen molar-refractivity contribution in [1.29, 1.82) is 5.26 Å². The number of rotatable bonds is 3. The van der Waals surface area contributed by atoms with Gasteiger partial charge in [0, 0.05) is 5.39 Å². The van der Waals surface area contributed by atoms with Crippen LogP contribution in [0.4, 0.5) is 0 Å². The van der Waals surface area contributed by atoms with Crippen LogP contribution in [0.1, 0.15) is 24.4 Å². The zero-order valence-electron chi connectivity index (χ0n) is 11.0. The van der Waals surface area contributed by atoms with E-state index in [9.17, 15) is 5.26 Å². The highest BCUT2D eigenvalue weighted by molar-refractivity contribution is 7.99. The molecule has 0 saturated heterocycles. The van der Waals surface area contributed by atoms with E-state index < -0.39 is 0 Å². The van der Waals surface area contributed by atoms with Gasteiger partial charge in [-0.15, -0.1) is 5.10 Å². The molecule has 0 spiro atoms. The molecule has 0 unspecified atom stereocenters. The van der Waals surface area contributed by atoms with E-state index in [4.69, 9.17) is 0 Å². The molecule has 21 heavy (non-hydrogen) atoms. The molecule has 0 N–H and O–H groups in total. The fraction of sp³-hybridized carbons (Fsp3) is 0.214. The molecule has 1 saturated carbocycles. The molecular formula is C14H10N6S. The number of hydrogen-bond donors (Lipinski definition) is 0. The molecule has 4 rings (SSSR count). The molecule has 0 aliphatic heterocycles. The van der Waals surface area contributed by atoms with Crippen LogP contribution in [0.25, 0.3) is 10.9 Å². The Balaban J connectivity index is 1.76. The second-order valence-electron chi connectivity index (χ2n) is 4.88. The topological polar surface area (TPSA) is 80.3 Å². The molecule has 6 nitrogen and oxygen atoms in total. The predicted octanol–water partition coefficient (Wildman–Crippen LogP) is 2.58. The van der Waals surface area contributed by atoms with Crippen molar-refractivity contribution in [2.24, 2.45) is 0 Å². The molecule has 0 amide bonds. The minimum absolute atomic E-state index is 0.415. The van der Waals surface area contributed by atoms with Crippen molar-refractivity contribution in [3.05, 3.63) is 35.9 Å². The van der Waals surface area contributed by atoms with Gasteiger partial charge >= 0.3 is 0 Å². The molecule has 7 heteroatoms. The molecule has 1 aliphatic rings. The molecule has 0 radical (unpaired) electrons. The Labute approximate surface area is 124 Å². The summed E-state index contributed by atoms with van der Waals surface area (Å²) in [6, 6.07) is 12.1. The van der Waals surface area contributed by atoms with Gasteiger partial charge in [0.15, 0.2) is 0 Å². The van der Waals surface area contributed by atoms with E-state index in [1.807, 2.05) is 28.9 Å². The normalized spacial score (nSPS) is 14.2. The van der Waals surface area contributed by atoms with Crippen LogP contribution in [0.5, 0.6) is 0 Å². The summed E-state index contributed by atoms with van der Waals surface area (Å²) < 4.78 is 1.84. The Bertz CT molecular complexity index is 861. The van der Waals surface area contributed by atoms with Gasteiger partial charge < -0.3 is 0 Å². The van der Waals surface area contributed by atoms with Crippen LogP contribution in [0.15, 0.2) is 40.5 Å². The number of fused-ring (bicyclic) bond motifs is 1. The lowest BCUT2D eigenvalue weighted by Gasteiger charge is -2.04. The number of nitriles is 1. The molecule has 102 valence electrons. The van der Waals surface area contributed by atoms with Crippen LogP contribution in [-0.2, 0) is 0 Å². The van der Waals surface area contributed by atoms with Crippen LogP contribution in [0.2, 0.25) is 0 Å². The lowest BCUT2D eigenvalue weighted by Crippen LogP contribution is -1.99. The van der Waals surface area contributed by atoms with E-state index in [2.05, 4.69) is 26.6 Å². The molecular weight excluding hydrogens is 284 g/mol. The van der Waals surface area contributed by atoms with E-state index in [1.54, 1.807) is 6.07 Å². The summed E-state index contributed by atoms with van der Waals surface area (Å²) in [7, 11) is 0. The Morgan fingerprint density at radius 3 is 2.95 bits per heavy atom. The number of tetrazole rings is 1. The minimum Gasteiger partial charge on any atom is -0.241 e. The van der Waals surface area contributed by atoms with Gasteiger partial charge in [-0.1, -0.05) is 18.2 Å². The van der Waals surface area contributed by atoms with Gasteiger partial charge in [0.25, 0.3) is 0 Å². The molecule has 1 aliphatic carbocycles. The Hall–Kier alpha value is -2.46. The van der Waals surface area contributed by atoms with E-state index in [1.165, 1.54) is 11.8 Å². The average Bonchev–Trinajstić information content (AvgIpc) is 3.26. The summed E-state index contributed by atoms with van der Waals surface area (Å²) in [5.74, 6) is 0. The van der Waals surface area contributed by atoms with Crippen molar-refractivity contribution >= 4 is 22.7 Å². The maximum atomic E-state index is 9.31. The fourth-order valence-electron chi connectivity index (χ4n) is 2.19. The van der Waals surface area contributed by atoms with Crippen LogP contribution in [0, 0.1) is 11.3 Å². The standard InChI is InChI=1S/C14H10N6S/c15-8-9-7-13(16-12-4-2-1-3-11(9)12)21-14-17-18-19-20(14)10-5-6-10/h1-4,7,10H,5-6H2. The number of pyridine rings is 1. The van der Waals surface area contributed by atoms with Gasteiger partial charge in [0.05, 0.1) is 23.2 Å². The van der Waals surface area contributed by atoms with Crippen molar-refractivity contribution in [3.63, 3.8) is 0 Å². The Kier molecular flexibility index (Phi) is 2.82. The summed E-state index contributed by atoms with van der Waals surface area (Å²) in [5, 5.41) is 23.4. The molecule has 0 bridgehead atoms. The third kappa shape index (κ3) is 2.23. The van der Waals surface area contributed by atoms with Crippen LogP contribution in [0.3, 0.4) is 0 Å². The first-order chi connectivity index (χ1) is 10.3. The number of aromatic nitrogens is 5. The minimum atomic E-state index is 0.415. The second-order valence-corrected chi connectivity index (χ2v) is 5.86. The van der Waals surface area contributed by atoms with E-state index in [0.29, 0.717) is 11.6 Å². The third-order valence-electron chi connectivity index (χ3n) is 3.36. The smallest absolute Gasteiger partial charge is 0.215 e. The number of hydrogen-bond acceptors (Lipinski definition) is 6. The first-order valence-corrected chi connectivity index (χ1v) is 7.42. The quantitative estimate of drug-likeness (QED) is 0.738. The number of benzene rings is 1. The Morgan fingerprint density at radius 1 is 1.29 bits per heavy atom. The van der Waals surface area contributed by atoms with Gasteiger partial charge in [-0.05, 0) is 47.2 Å². The maximum absolute atomic E-state index is 9.31.